The normalized spacial score (nSPS) is 10.2. The van der Waals surface area contributed by atoms with Gasteiger partial charge in [0.05, 0.1) is 11.3 Å². The molecule has 5 heteroatoms. The highest BCUT2D eigenvalue weighted by molar-refractivity contribution is 6.30. The molecule has 1 heterocycles. The number of nitrogens with two attached hydrogens (primary N) is 2. The second kappa shape index (κ2) is 4.43. The van der Waals surface area contributed by atoms with Crippen LogP contribution in [0.25, 0.3) is 11.3 Å². The summed E-state index contributed by atoms with van der Waals surface area (Å²) in [6.07, 6.45) is 1.53. The third-order valence-corrected chi connectivity index (χ3v) is 2.60. The average Bonchev–Trinajstić information content (AvgIpc) is 2.29. The van der Waals surface area contributed by atoms with E-state index < -0.39 is 5.91 Å². The predicted octanol–water partition coefficient (Wildman–Crippen LogP) is 2.08. The summed E-state index contributed by atoms with van der Waals surface area (Å²) in [5.41, 5.74) is 12.8. The van der Waals surface area contributed by atoms with Crippen LogP contribution in [0.1, 0.15) is 10.4 Å². The van der Waals surface area contributed by atoms with E-state index >= 15 is 0 Å². The first kappa shape index (κ1) is 11.4. The number of primary amides is 1. The van der Waals surface area contributed by atoms with Crippen molar-refractivity contribution in [3.8, 4) is 11.3 Å². The molecule has 0 atom stereocenters. The SMILES string of the molecule is NC(=O)c1c(N)ccnc1-c1ccc(Cl)cc1. The molecule has 0 spiro atoms. The Morgan fingerprint density at radius 1 is 1.18 bits per heavy atom. The second-order valence-electron chi connectivity index (χ2n) is 3.49. The van der Waals surface area contributed by atoms with Crippen LogP contribution in [-0.4, -0.2) is 10.9 Å². The molecule has 86 valence electrons. The van der Waals surface area contributed by atoms with E-state index in [1.807, 2.05) is 0 Å². The summed E-state index contributed by atoms with van der Waals surface area (Å²) in [5.74, 6) is -0.597. The maximum Gasteiger partial charge on any atom is 0.253 e. The fourth-order valence-corrected chi connectivity index (χ4v) is 1.69. The molecule has 0 unspecified atom stereocenters. The molecule has 17 heavy (non-hydrogen) atoms. The maximum absolute atomic E-state index is 11.4. The first-order valence-electron chi connectivity index (χ1n) is 4.90. The lowest BCUT2D eigenvalue weighted by Gasteiger charge is -2.08. The third-order valence-electron chi connectivity index (χ3n) is 2.35. The molecule has 1 aromatic carbocycles. The van der Waals surface area contributed by atoms with Gasteiger partial charge in [0.2, 0.25) is 0 Å². The minimum Gasteiger partial charge on any atom is -0.398 e. The van der Waals surface area contributed by atoms with Crippen LogP contribution in [0.5, 0.6) is 0 Å². The minimum absolute atomic E-state index is 0.231. The number of halogens is 1. The Bertz CT molecular complexity index is 566. The Hall–Kier alpha value is -2.07. The molecular formula is C12H10ClN3O. The molecule has 0 saturated carbocycles. The first-order valence-corrected chi connectivity index (χ1v) is 5.27. The van der Waals surface area contributed by atoms with Crippen LogP contribution in [0.15, 0.2) is 36.5 Å². The zero-order chi connectivity index (χ0) is 12.4. The lowest BCUT2D eigenvalue weighted by atomic mass is 10.0. The van der Waals surface area contributed by atoms with Crippen LogP contribution in [0.3, 0.4) is 0 Å². The molecular weight excluding hydrogens is 238 g/mol. The smallest absolute Gasteiger partial charge is 0.253 e. The van der Waals surface area contributed by atoms with E-state index in [2.05, 4.69) is 4.98 Å². The summed E-state index contributed by atoms with van der Waals surface area (Å²) in [6.45, 7) is 0. The van der Waals surface area contributed by atoms with E-state index in [-0.39, 0.29) is 5.56 Å². The molecule has 4 nitrogen and oxygen atoms in total. The maximum atomic E-state index is 11.4. The summed E-state index contributed by atoms with van der Waals surface area (Å²) in [5, 5.41) is 0.610. The minimum atomic E-state index is -0.597. The van der Waals surface area contributed by atoms with E-state index in [0.717, 1.165) is 5.56 Å². The van der Waals surface area contributed by atoms with Crippen molar-refractivity contribution < 1.29 is 4.79 Å². The van der Waals surface area contributed by atoms with Gasteiger partial charge in [0.1, 0.15) is 0 Å². The van der Waals surface area contributed by atoms with Gasteiger partial charge in [0.15, 0.2) is 0 Å². The molecule has 1 amide bonds. The van der Waals surface area contributed by atoms with Gasteiger partial charge in [-0.2, -0.15) is 0 Å². The van der Waals surface area contributed by atoms with Gasteiger partial charge in [-0.3, -0.25) is 9.78 Å². The Kier molecular flexibility index (Phi) is 2.97. The number of nitrogen functional groups attached to an aromatic ring is 1. The number of hydrogen-bond donors (Lipinski definition) is 2. The van der Waals surface area contributed by atoms with Crippen molar-refractivity contribution >= 4 is 23.2 Å². The Morgan fingerprint density at radius 2 is 1.82 bits per heavy atom. The number of carbonyl (C=O) groups is 1. The van der Waals surface area contributed by atoms with Crippen molar-refractivity contribution in [3.05, 3.63) is 47.1 Å². The van der Waals surface area contributed by atoms with Crippen molar-refractivity contribution in [1.82, 2.24) is 4.98 Å². The van der Waals surface area contributed by atoms with Crippen molar-refractivity contribution in [2.45, 2.75) is 0 Å². The lowest BCUT2D eigenvalue weighted by molar-refractivity contribution is 0.100. The number of hydrogen-bond acceptors (Lipinski definition) is 3. The number of pyridine rings is 1. The molecule has 0 aliphatic heterocycles. The van der Waals surface area contributed by atoms with E-state index in [0.29, 0.717) is 16.4 Å². The van der Waals surface area contributed by atoms with Gasteiger partial charge in [-0.05, 0) is 18.2 Å². The summed E-state index contributed by atoms with van der Waals surface area (Å²) in [4.78, 5) is 15.5. The molecule has 0 bridgehead atoms. The highest BCUT2D eigenvalue weighted by Gasteiger charge is 2.14. The van der Waals surface area contributed by atoms with Gasteiger partial charge in [0, 0.05) is 22.5 Å². The molecule has 0 aliphatic rings. The van der Waals surface area contributed by atoms with Crippen LogP contribution >= 0.6 is 11.6 Å². The average molecular weight is 248 g/mol. The molecule has 0 radical (unpaired) electrons. The fourth-order valence-electron chi connectivity index (χ4n) is 1.56. The zero-order valence-corrected chi connectivity index (χ0v) is 9.61. The van der Waals surface area contributed by atoms with Gasteiger partial charge in [-0.15, -0.1) is 0 Å². The summed E-state index contributed by atoms with van der Waals surface area (Å²) in [6, 6.07) is 8.49. The van der Waals surface area contributed by atoms with Crippen LogP contribution in [0, 0.1) is 0 Å². The molecule has 1 aromatic heterocycles. The first-order chi connectivity index (χ1) is 8.09. The van der Waals surface area contributed by atoms with E-state index in [9.17, 15) is 4.79 Å². The summed E-state index contributed by atoms with van der Waals surface area (Å²) in [7, 11) is 0. The number of amides is 1. The molecule has 0 fully saturated rings. The quantitative estimate of drug-likeness (QED) is 0.852. The number of nitrogens with zero attached hydrogens (tertiary/aromatic N) is 1. The van der Waals surface area contributed by atoms with Gasteiger partial charge in [-0.1, -0.05) is 23.7 Å². The van der Waals surface area contributed by atoms with Gasteiger partial charge >= 0.3 is 0 Å². The number of carbonyl (C=O) groups excluding carboxylic acids is 1. The highest BCUT2D eigenvalue weighted by atomic mass is 35.5. The zero-order valence-electron chi connectivity index (χ0n) is 8.85. The largest absolute Gasteiger partial charge is 0.398 e. The Morgan fingerprint density at radius 3 is 2.41 bits per heavy atom. The van der Waals surface area contributed by atoms with Crippen LogP contribution in [0.4, 0.5) is 5.69 Å². The topological polar surface area (TPSA) is 82.0 Å². The van der Waals surface area contributed by atoms with Crippen molar-refractivity contribution in [2.75, 3.05) is 5.73 Å². The number of benzene rings is 1. The molecule has 0 saturated heterocycles. The highest BCUT2D eigenvalue weighted by Crippen LogP contribution is 2.26. The lowest BCUT2D eigenvalue weighted by Crippen LogP contribution is -2.15. The van der Waals surface area contributed by atoms with Crippen molar-refractivity contribution in [1.29, 1.82) is 0 Å². The monoisotopic (exact) mass is 247 g/mol. The van der Waals surface area contributed by atoms with Crippen molar-refractivity contribution in [3.63, 3.8) is 0 Å². The summed E-state index contributed by atoms with van der Waals surface area (Å²) >= 11 is 5.80. The number of anilines is 1. The van der Waals surface area contributed by atoms with Gasteiger partial charge < -0.3 is 11.5 Å². The van der Waals surface area contributed by atoms with E-state index in [1.165, 1.54) is 6.20 Å². The predicted molar refractivity (Wildman–Crippen MR) is 67.6 cm³/mol. The molecule has 2 rings (SSSR count). The van der Waals surface area contributed by atoms with Gasteiger partial charge in [-0.25, -0.2) is 0 Å². The Balaban J connectivity index is 2.63. The van der Waals surface area contributed by atoms with E-state index in [1.54, 1.807) is 30.3 Å². The van der Waals surface area contributed by atoms with Crippen LogP contribution in [0.2, 0.25) is 5.02 Å². The second-order valence-corrected chi connectivity index (χ2v) is 3.93. The van der Waals surface area contributed by atoms with Crippen molar-refractivity contribution in [2.24, 2.45) is 5.73 Å². The van der Waals surface area contributed by atoms with Crippen LogP contribution < -0.4 is 11.5 Å². The number of aromatic nitrogens is 1. The third kappa shape index (κ3) is 2.21. The van der Waals surface area contributed by atoms with E-state index in [4.69, 9.17) is 23.1 Å². The fraction of sp³-hybridized carbons (Fsp3) is 0. The standard InChI is InChI=1S/C12H10ClN3O/c13-8-3-1-7(2-4-8)11-10(12(15)17)9(14)5-6-16-11/h1-6H,(H2,14,16)(H2,15,17). The molecule has 2 aromatic rings. The molecule has 0 aliphatic carbocycles. The number of rotatable bonds is 2. The molecule has 4 N–H and O–H groups in total. The van der Waals surface area contributed by atoms with Gasteiger partial charge in [0.25, 0.3) is 5.91 Å². The van der Waals surface area contributed by atoms with Crippen LogP contribution in [-0.2, 0) is 0 Å². The summed E-state index contributed by atoms with van der Waals surface area (Å²) < 4.78 is 0. The Labute approximate surface area is 103 Å².